The summed E-state index contributed by atoms with van der Waals surface area (Å²) in [5, 5.41) is 0. The van der Waals surface area contributed by atoms with Crippen LogP contribution in [0.25, 0.3) is 0 Å². The van der Waals surface area contributed by atoms with Crippen LogP contribution in [0.15, 0.2) is 18.6 Å². The first-order valence-corrected chi connectivity index (χ1v) is 3.22. The Bertz CT molecular complexity index is 260. The van der Waals surface area contributed by atoms with Gasteiger partial charge in [0, 0.05) is 12.4 Å². The van der Waals surface area contributed by atoms with Crippen molar-refractivity contribution in [1.29, 1.82) is 0 Å². The molecular weight excluding hydrogens is 140 g/mol. The molecule has 0 N–H and O–H groups in total. The first-order chi connectivity index (χ1) is 5.43. The molecule has 1 rings (SSSR count). The van der Waals surface area contributed by atoms with Crippen molar-refractivity contribution in [2.24, 2.45) is 0 Å². The Labute approximate surface area is 65.4 Å². The number of aromatic nitrogens is 2. The lowest BCUT2D eigenvalue weighted by molar-refractivity contribution is 0.353. The molecule has 0 atom stereocenters. The molecule has 0 fully saturated rings. The largest absolute Gasteiger partial charge is 0.463 e. The third kappa shape index (κ3) is 2.67. The molecule has 1 heterocycles. The summed E-state index contributed by atoms with van der Waals surface area (Å²) in [5.41, 5.74) is 0. The zero-order valence-electron chi connectivity index (χ0n) is 6.24. The van der Waals surface area contributed by atoms with Crippen molar-refractivity contribution < 1.29 is 4.74 Å². The van der Waals surface area contributed by atoms with E-state index < -0.39 is 0 Å². The number of rotatable bonds is 2. The summed E-state index contributed by atoms with van der Waals surface area (Å²) in [7, 11) is 0. The highest BCUT2D eigenvalue weighted by Gasteiger charge is 1.88. The van der Waals surface area contributed by atoms with Crippen molar-refractivity contribution in [2.45, 2.75) is 6.92 Å². The van der Waals surface area contributed by atoms with Crippen molar-refractivity contribution in [2.75, 3.05) is 6.61 Å². The van der Waals surface area contributed by atoms with Crippen LogP contribution in [0.4, 0.5) is 0 Å². The maximum Gasteiger partial charge on any atom is 0.233 e. The lowest BCUT2D eigenvalue weighted by Crippen LogP contribution is -1.95. The topological polar surface area (TPSA) is 35.0 Å². The Balaban J connectivity index is 2.43. The van der Waals surface area contributed by atoms with Crippen molar-refractivity contribution >= 4 is 0 Å². The van der Waals surface area contributed by atoms with E-state index in [1.54, 1.807) is 25.5 Å². The summed E-state index contributed by atoms with van der Waals surface area (Å²) in [6, 6.07) is 0. The van der Waals surface area contributed by atoms with Gasteiger partial charge in [0.2, 0.25) is 5.88 Å². The normalized spacial score (nSPS) is 8.09. The van der Waals surface area contributed by atoms with Gasteiger partial charge in [0.25, 0.3) is 0 Å². The van der Waals surface area contributed by atoms with Gasteiger partial charge in [0.05, 0.1) is 6.20 Å². The van der Waals surface area contributed by atoms with E-state index in [4.69, 9.17) is 4.74 Å². The van der Waals surface area contributed by atoms with Gasteiger partial charge in [0.1, 0.15) is 0 Å². The van der Waals surface area contributed by atoms with Gasteiger partial charge < -0.3 is 4.74 Å². The molecular formula is C8H8N2O. The molecule has 0 bridgehead atoms. The second-order valence-electron chi connectivity index (χ2n) is 1.76. The van der Waals surface area contributed by atoms with Crippen molar-refractivity contribution in [3.05, 3.63) is 18.6 Å². The molecule has 0 aliphatic carbocycles. The maximum absolute atomic E-state index is 5.10. The average molecular weight is 148 g/mol. The highest BCUT2D eigenvalue weighted by molar-refractivity contribution is 5.04. The molecule has 1 aromatic heterocycles. The Morgan fingerprint density at radius 1 is 1.55 bits per heavy atom. The molecule has 3 nitrogen and oxygen atoms in total. The molecule has 0 aliphatic heterocycles. The van der Waals surface area contributed by atoms with E-state index in [9.17, 15) is 0 Å². The summed E-state index contributed by atoms with van der Waals surface area (Å²) < 4.78 is 5.10. The van der Waals surface area contributed by atoms with Crippen LogP contribution in [0, 0.1) is 11.8 Å². The standard InChI is InChI=1S/C8H8N2O/c1-2-3-6-11-8-7-9-4-5-10-8/h4-5,7H,6H2,1H3. The predicted octanol–water partition coefficient (Wildman–Crippen LogP) is 0.879. The van der Waals surface area contributed by atoms with Crippen LogP contribution < -0.4 is 4.74 Å². The van der Waals surface area contributed by atoms with Crippen molar-refractivity contribution in [3.63, 3.8) is 0 Å². The summed E-state index contributed by atoms with van der Waals surface area (Å²) >= 11 is 0. The fourth-order valence-corrected chi connectivity index (χ4v) is 0.542. The van der Waals surface area contributed by atoms with Gasteiger partial charge in [-0.25, -0.2) is 4.98 Å². The lowest BCUT2D eigenvalue weighted by Gasteiger charge is -1.96. The van der Waals surface area contributed by atoms with Gasteiger partial charge in [0.15, 0.2) is 6.61 Å². The first-order valence-electron chi connectivity index (χ1n) is 3.22. The van der Waals surface area contributed by atoms with E-state index in [0.29, 0.717) is 12.5 Å². The quantitative estimate of drug-likeness (QED) is 0.584. The minimum absolute atomic E-state index is 0.370. The third-order valence-corrected chi connectivity index (χ3v) is 1.01. The smallest absolute Gasteiger partial charge is 0.233 e. The molecule has 0 saturated carbocycles. The molecule has 56 valence electrons. The SMILES string of the molecule is CC#CCOc1cnccn1. The molecule has 0 saturated heterocycles. The summed E-state index contributed by atoms with van der Waals surface area (Å²) in [6.07, 6.45) is 4.73. The zero-order valence-corrected chi connectivity index (χ0v) is 6.24. The van der Waals surface area contributed by atoms with Crippen LogP contribution >= 0.6 is 0 Å². The summed E-state index contributed by atoms with van der Waals surface area (Å²) in [5.74, 6) is 5.98. The van der Waals surface area contributed by atoms with Crippen LogP contribution in [-0.2, 0) is 0 Å². The maximum atomic E-state index is 5.10. The van der Waals surface area contributed by atoms with Crippen LogP contribution in [0.3, 0.4) is 0 Å². The third-order valence-electron chi connectivity index (χ3n) is 1.01. The minimum Gasteiger partial charge on any atom is -0.463 e. The number of hydrogen-bond donors (Lipinski definition) is 0. The van der Waals surface area contributed by atoms with Gasteiger partial charge in [-0.1, -0.05) is 5.92 Å². The molecule has 0 radical (unpaired) electrons. The van der Waals surface area contributed by atoms with E-state index in [1.165, 1.54) is 0 Å². The molecule has 0 aliphatic rings. The lowest BCUT2D eigenvalue weighted by atomic mass is 10.6. The van der Waals surface area contributed by atoms with Crippen LogP contribution in [0.2, 0.25) is 0 Å². The molecule has 0 aromatic carbocycles. The Morgan fingerprint density at radius 3 is 3.09 bits per heavy atom. The Kier molecular flexibility index (Phi) is 2.94. The second kappa shape index (κ2) is 4.29. The minimum atomic E-state index is 0.370. The van der Waals surface area contributed by atoms with E-state index in [-0.39, 0.29) is 0 Å². The number of hydrogen-bond acceptors (Lipinski definition) is 3. The number of nitrogens with zero attached hydrogens (tertiary/aromatic N) is 2. The van der Waals surface area contributed by atoms with Crippen LogP contribution in [-0.4, -0.2) is 16.6 Å². The summed E-state index contributed by atoms with van der Waals surface area (Å²) in [4.78, 5) is 7.73. The van der Waals surface area contributed by atoms with Gasteiger partial charge in [-0.05, 0) is 6.92 Å². The highest BCUT2D eigenvalue weighted by atomic mass is 16.5. The molecule has 0 spiro atoms. The van der Waals surface area contributed by atoms with Gasteiger partial charge in [-0.2, -0.15) is 0 Å². The Morgan fingerprint density at radius 2 is 2.45 bits per heavy atom. The van der Waals surface area contributed by atoms with Crippen molar-refractivity contribution in [3.8, 4) is 17.7 Å². The average Bonchev–Trinajstić information content (AvgIpc) is 2.07. The van der Waals surface area contributed by atoms with Crippen LogP contribution in [0.5, 0.6) is 5.88 Å². The van der Waals surface area contributed by atoms with Gasteiger partial charge in [-0.15, -0.1) is 5.92 Å². The molecule has 3 heteroatoms. The second-order valence-corrected chi connectivity index (χ2v) is 1.76. The fraction of sp³-hybridized carbons (Fsp3) is 0.250. The van der Waals surface area contributed by atoms with Crippen LogP contribution in [0.1, 0.15) is 6.92 Å². The van der Waals surface area contributed by atoms with Crippen molar-refractivity contribution in [1.82, 2.24) is 9.97 Å². The molecule has 11 heavy (non-hydrogen) atoms. The zero-order chi connectivity index (χ0) is 7.94. The van der Waals surface area contributed by atoms with Gasteiger partial charge in [-0.3, -0.25) is 4.98 Å². The predicted molar refractivity (Wildman–Crippen MR) is 41.0 cm³/mol. The fourth-order valence-electron chi connectivity index (χ4n) is 0.542. The molecule has 0 amide bonds. The first kappa shape index (κ1) is 7.55. The van der Waals surface area contributed by atoms with E-state index >= 15 is 0 Å². The molecule has 0 unspecified atom stereocenters. The molecule has 1 aromatic rings. The monoisotopic (exact) mass is 148 g/mol. The van der Waals surface area contributed by atoms with E-state index in [1.807, 2.05) is 0 Å². The van der Waals surface area contributed by atoms with Gasteiger partial charge >= 0.3 is 0 Å². The van der Waals surface area contributed by atoms with E-state index in [0.717, 1.165) is 0 Å². The summed E-state index contributed by atoms with van der Waals surface area (Å²) in [6.45, 7) is 2.13. The number of ether oxygens (including phenoxy) is 1. The van der Waals surface area contributed by atoms with E-state index in [2.05, 4.69) is 21.8 Å². The Hall–Kier alpha value is -1.56. The highest BCUT2D eigenvalue weighted by Crippen LogP contribution is 1.98.